The minimum atomic E-state index is -0.910. The van der Waals surface area contributed by atoms with Crippen LogP contribution in [0, 0.1) is 11.8 Å². The van der Waals surface area contributed by atoms with Crippen LogP contribution in [0.15, 0.2) is 24.3 Å². The summed E-state index contributed by atoms with van der Waals surface area (Å²) in [6.45, 7) is 9.29. The van der Waals surface area contributed by atoms with E-state index in [9.17, 15) is 14.4 Å². The van der Waals surface area contributed by atoms with Crippen molar-refractivity contribution >= 4 is 17.8 Å². The van der Waals surface area contributed by atoms with Crippen LogP contribution in [0.5, 0.6) is 0 Å². The van der Waals surface area contributed by atoms with Gasteiger partial charge in [-0.3, -0.25) is 14.5 Å². The molecule has 4 amide bonds. The van der Waals surface area contributed by atoms with E-state index in [0.29, 0.717) is 37.8 Å². The van der Waals surface area contributed by atoms with E-state index >= 15 is 0 Å². The van der Waals surface area contributed by atoms with Gasteiger partial charge in [0, 0.05) is 19.5 Å². The monoisotopic (exact) mass is 385 g/mol. The van der Waals surface area contributed by atoms with Crippen molar-refractivity contribution in [2.24, 2.45) is 11.8 Å². The van der Waals surface area contributed by atoms with Crippen LogP contribution in [0.1, 0.15) is 45.2 Å². The van der Waals surface area contributed by atoms with Crippen molar-refractivity contribution < 1.29 is 14.4 Å². The first-order chi connectivity index (χ1) is 13.2. The summed E-state index contributed by atoms with van der Waals surface area (Å²) in [5.41, 5.74) is 1.41. The maximum absolute atomic E-state index is 13.2. The lowest BCUT2D eigenvalue weighted by Gasteiger charge is -2.32. The molecule has 1 heterocycles. The van der Waals surface area contributed by atoms with Gasteiger partial charge in [-0.2, -0.15) is 0 Å². The first-order valence-electron chi connectivity index (χ1n) is 10.2. The predicted octanol–water partition coefficient (Wildman–Crippen LogP) is 2.61. The topological polar surface area (TPSA) is 69.7 Å². The number of hydrogen-bond acceptors (Lipinski definition) is 3. The van der Waals surface area contributed by atoms with Gasteiger partial charge in [0.1, 0.15) is 12.1 Å². The number of rotatable bonds is 6. The summed E-state index contributed by atoms with van der Waals surface area (Å²) in [6, 6.07) is 7.58. The fourth-order valence-electron chi connectivity index (χ4n) is 4.24. The molecule has 1 atom stereocenters. The molecule has 1 aromatic rings. The van der Waals surface area contributed by atoms with Gasteiger partial charge < -0.3 is 10.2 Å². The van der Waals surface area contributed by atoms with Gasteiger partial charge in [-0.1, -0.05) is 52.0 Å². The second-order valence-electron chi connectivity index (χ2n) is 8.94. The molecule has 1 spiro atoms. The van der Waals surface area contributed by atoms with Crippen molar-refractivity contribution in [3.05, 3.63) is 35.4 Å². The molecule has 1 fully saturated rings. The van der Waals surface area contributed by atoms with E-state index in [1.165, 1.54) is 5.56 Å². The van der Waals surface area contributed by atoms with Crippen LogP contribution in [0.2, 0.25) is 0 Å². The van der Waals surface area contributed by atoms with E-state index in [1.54, 1.807) is 4.90 Å². The third-order valence-electron chi connectivity index (χ3n) is 5.49. The molecule has 0 bridgehead atoms. The molecule has 2 aliphatic rings. The second kappa shape index (κ2) is 7.94. The second-order valence-corrected chi connectivity index (χ2v) is 8.94. The van der Waals surface area contributed by atoms with Crippen molar-refractivity contribution in [3.63, 3.8) is 0 Å². The largest absolute Gasteiger partial charge is 0.341 e. The predicted molar refractivity (Wildman–Crippen MR) is 108 cm³/mol. The number of aryl methyl sites for hydroxylation is 1. The van der Waals surface area contributed by atoms with Gasteiger partial charge in [0.05, 0.1) is 0 Å². The Bertz CT molecular complexity index is 764. The van der Waals surface area contributed by atoms with Crippen molar-refractivity contribution in [2.45, 2.75) is 52.5 Å². The van der Waals surface area contributed by atoms with E-state index in [2.05, 4.69) is 39.1 Å². The minimum absolute atomic E-state index is 0.167. The SMILES string of the molecule is CC(C)CN(CC(C)C)C(=O)CN1C(=O)N[C@@]2(CCc3ccccc3C2)C1=O. The summed E-state index contributed by atoms with van der Waals surface area (Å²) in [7, 11) is 0. The van der Waals surface area contributed by atoms with Crippen molar-refractivity contribution in [1.29, 1.82) is 0 Å². The van der Waals surface area contributed by atoms with E-state index in [-0.39, 0.29) is 18.4 Å². The highest BCUT2D eigenvalue weighted by Gasteiger charge is 2.52. The van der Waals surface area contributed by atoms with Crippen LogP contribution in [-0.2, 0) is 22.4 Å². The van der Waals surface area contributed by atoms with E-state index in [4.69, 9.17) is 0 Å². The molecular weight excluding hydrogens is 354 g/mol. The highest BCUT2D eigenvalue weighted by Crippen LogP contribution is 2.33. The lowest BCUT2D eigenvalue weighted by molar-refractivity contribution is -0.139. The Morgan fingerprint density at radius 3 is 2.32 bits per heavy atom. The summed E-state index contributed by atoms with van der Waals surface area (Å²) >= 11 is 0. The fraction of sp³-hybridized carbons (Fsp3) is 0.591. The van der Waals surface area contributed by atoms with Crippen LogP contribution in [0.25, 0.3) is 0 Å². The molecule has 0 radical (unpaired) electrons. The lowest BCUT2D eigenvalue weighted by atomic mass is 9.78. The molecule has 3 rings (SSSR count). The molecule has 1 aliphatic carbocycles. The van der Waals surface area contributed by atoms with Crippen LogP contribution < -0.4 is 5.32 Å². The maximum Gasteiger partial charge on any atom is 0.325 e. The number of amides is 4. The normalized spacial score (nSPS) is 21.4. The van der Waals surface area contributed by atoms with E-state index < -0.39 is 11.6 Å². The molecular formula is C22H31N3O3. The van der Waals surface area contributed by atoms with E-state index in [1.807, 2.05) is 18.2 Å². The highest BCUT2D eigenvalue weighted by atomic mass is 16.2. The molecule has 1 saturated heterocycles. The van der Waals surface area contributed by atoms with Gasteiger partial charge in [-0.25, -0.2) is 4.79 Å². The molecule has 6 heteroatoms. The molecule has 1 aliphatic heterocycles. The Kier molecular flexibility index (Phi) is 5.77. The highest BCUT2D eigenvalue weighted by molar-refractivity contribution is 6.09. The van der Waals surface area contributed by atoms with Crippen molar-refractivity contribution in [1.82, 2.24) is 15.1 Å². The summed E-state index contributed by atoms with van der Waals surface area (Å²) in [5.74, 6) is 0.215. The van der Waals surface area contributed by atoms with Gasteiger partial charge >= 0.3 is 6.03 Å². The third-order valence-corrected chi connectivity index (χ3v) is 5.49. The van der Waals surface area contributed by atoms with Crippen molar-refractivity contribution in [3.8, 4) is 0 Å². The molecule has 6 nitrogen and oxygen atoms in total. The molecule has 0 saturated carbocycles. The molecule has 0 unspecified atom stereocenters. The smallest absolute Gasteiger partial charge is 0.325 e. The number of benzene rings is 1. The average Bonchev–Trinajstić information content (AvgIpc) is 2.84. The number of carbonyl (C=O) groups is 3. The summed E-state index contributed by atoms with van der Waals surface area (Å²) in [4.78, 5) is 41.5. The summed E-state index contributed by atoms with van der Waals surface area (Å²) < 4.78 is 0. The number of hydrogen-bond donors (Lipinski definition) is 1. The van der Waals surface area contributed by atoms with Gasteiger partial charge in [0.15, 0.2) is 0 Å². The molecule has 1 N–H and O–H groups in total. The Balaban J connectivity index is 1.74. The van der Waals surface area contributed by atoms with Crippen LogP contribution in [0.4, 0.5) is 4.79 Å². The van der Waals surface area contributed by atoms with Gasteiger partial charge in [-0.15, -0.1) is 0 Å². The average molecular weight is 386 g/mol. The quantitative estimate of drug-likeness (QED) is 0.766. The lowest BCUT2D eigenvalue weighted by Crippen LogP contribution is -2.52. The number of nitrogens with one attached hydrogen (secondary N) is 1. The summed E-state index contributed by atoms with van der Waals surface area (Å²) in [5, 5.41) is 2.90. The zero-order valence-electron chi connectivity index (χ0n) is 17.3. The Labute approximate surface area is 167 Å². The maximum atomic E-state index is 13.2. The zero-order valence-corrected chi connectivity index (χ0v) is 17.3. The molecule has 28 heavy (non-hydrogen) atoms. The Hall–Kier alpha value is -2.37. The van der Waals surface area contributed by atoms with Crippen LogP contribution >= 0.6 is 0 Å². The molecule has 1 aromatic carbocycles. The first kappa shape index (κ1) is 20.4. The number of urea groups is 1. The third kappa shape index (κ3) is 4.05. The van der Waals surface area contributed by atoms with Crippen LogP contribution in [-0.4, -0.2) is 52.8 Å². The number of nitrogens with zero attached hydrogens (tertiary/aromatic N) is 2. The standard InChI is InChI=1S/C22H31N3O3/c1-15(2)12-24(13-16(3)4)19(26)14-25-20(27)22(23-21(25)28)10-9-17-7-5-6-8-18(17)11-22/h5-8,15-16H,9-14H2,1-4H3,(H,23,28)/t22-/m1/s1. The first-order valence-corrected chi connectivity index (χ1v) is 10.2. The Morgan fingerprint density at radius 1 is 1.11 bits per heavy atom. The fourth-order valence-corrected chi connectivity index (χ4v) is 4.24. The van der Waals surface area contributed by atoms with Gasteiger partial charge in [0.25, 0.3) is 5.91 Å². The van der Waals surface area contributed by atoms with Crippen molar-refractivity contribution in [2.75, 3.05) is 19.6 Å². The molecule has 0 aromatic heterocycles. The van der Waals surface area contributed by atoms with Crippen LogP contribution in [0.3, 0.4) is 0 Å². The Morgan fingerprint density at radius 2 is 1.71 bits per heavy atom. The van der Waals surface area contributed by atoms with E-state index in [0.717, 1.165) is 16.9 Å². The minimum Gasteiger partial charge on any atom is -0.341 e. The number of imide groups is 1. The van der Waals surface area contributed by atoms with Gasteiger partial charge in [0.2, 0.25) is 5.91 Å². The summed E-state index contributed by atoms with van der Waals surface area (Å²) in [6.07, 6.45) is 1.80. The molecule has 152 valence electrons. The van der Waals surface area contributed by atoms with Gasteiger partial charge in [-0.05, 0) is 35.8 Å². The number of fused-ring (bicyclic) bond motifs is 1. The zero-order chi connectivity index (χ0) is 20.5. The number of carbonyl (C=O) groups excluding carboxylic acids is 3.